The van der Waals surface area contributed by atoms with Crippen LogP contribution in [0.4, 0.5) is 0 Å². The van der Waals surface area contributed by atoms with E-state index in [1.807, 2.05) is 0 Å². The van der Waals surface area contributed by atoms with Gasteiger partial charge >= 0.3 is 13.4 Å². The molecule has 3 atom stereocenters. The summed E-state index contributed by atoms with van der Waals surface area (Å²) in [4.78, 5) is 10.5. The molecule has 9 heteroatoms. The van der Waals surface area contributed by atoms with E-state index in [0.29, 0.717) is 6.42 Å². The average molecular weight is 297 g/mol. The van der Waals surface area contributed by atoms with Crippen LogP contribution in [0.5, 0.6) is 0 Å². The van der Waals surface area contributed by atoms with E-state index >= 15 is 0 Å². The molecular formula is C10H20NO7P. The fraction of sp³-hybridized carbons (Fsp3) is 1.00. The Balaban J connectivity index is 2.79. The van der Waals surface area contributed by atoms with Gasteiger partial charge in [0.2, 0.25) is 0 Å². The van der Waals surface area contributed by atoms with Crippen molar-refractivity contribution in [3.05, 3.63) is 10.1 Å². The van der Waals surface area contributed by atoms with E-state index in [4.69, 9.17) is 13.8 Å². The molecule has 0 saturated carbocycles. The molecule has 0 aromatic heterocycles. The molecule has 1 rings (SSSR count). The molecule has 3 unspecified atom stereocenters. The van der Waals surface area contributed by atoms with Gasteiger partial charge in [-0.15, -0.1) is 0 Å². The third-order valence-corrected chi connectivity index (χ3v) is 5.20. The van der Waals surface area contributed by atoms with Gasteiger partial charge in [-0.05, 0) is 19.8 Å². The summed E-state index contributed by atoms with van der Waals surface area (Å²) in [7, 11) is -3.79. The van der Waals surface area contributed by atoms with E-state index in [1.54, 1.807) is 13.8 Å². The normalized spacial score (nSPS) is 25.4. The lowest BCUT2D eigenvalue weighted by molar-refractivity contribution is -0.503. The maximum Gasteiger partial charge on any atom is 0.403 e. The molecule has 1 saturated heterocycles. The molecule has 0 spiro atoms. The third-order valence-electron chi connectivity index (χ3n) is 2.83. The molecule has 0 bridgehead atoms. The number of hydrogen-bond acceptors (Lipinski definition) is 7. The van der Waals surface area contributed by atoms with Crippen LogP contribution in [-0.4, -0.2) is 41.9 Å². The first kappa shape index (κ1) is 16.5. The molecular weight excluding hydrogens is 277 g/mol. The summed E-state index contributed by atoms with van der Waals surface area (Å²) >= 11 is 0. The highest BCUT2D eigenvalue weighted by molar-refractivity contribution is 7.54. The van der Waals surface area contributed by atoms with Crippen molar-refractivity contribution in [3.8, 4) is 0 Å². The SMILES string of the molecule is CCOP(=O)(OCC)C(CC1COC(O)C1)[N+](=O)[O-]. The van der Waals surface area contributed by atoms with Gasteiger partial charge in [0.25, 0.3) is 0 Å². The zero-order chi connectivity index (χ0) is 14.5. The molecule has 1 aliphatic heterocycles. The highest BCUT2D eigenvalue weighted by Crippen LogP contribution is 2.55. The van der Waals surface area contributed by atoms with Crippen molar-refractivity contribution in [2.45, 2.75) is 38.8 Å². The van der Waals surface area contributed by atoms with Crippen molar-refractivity contribution in [1.29, 1.82) is 0 Å². The van der Waals surface area contributed by atoms with Crippen molar-refractivity contribution in [3.63, 3.8) is 0 Å². The van der Waals surface area contributed by atoms with Crippen molar-refractivity contribution < 1.29 is 28.4 Å². The lowest BCUT2D eigenvalue weighted by atomic mass is 10.0. The van der Waals surface area contributed by atoms with Gasteiger partial charge in [0.1, 0.15) is 0 Å². The van der Waals surface area contributed by atoms with Crippen LogP contribution < -0.4 is 0 Å². The second-order valence-electron chi connectivity index (χ2n) is 4.27. The molecule has 0 radical (unpaired) electrons. The number of nitrogens with zero attached hydrogens (tertiary/aromatic N) is 1. The molecule has 0 aliphatic carbocycles. The first-order valence-electron chi connectivity index (χ1n) is 6.24. The van der Waals surface area contributed by atoms with Crippen LogP contribution >= 0.6 is 7.60 Å². The van der Waals surface area contributed by atoms with Crippen LogP contribution in [0, 0.1) is 16.0 Å². The van der Waals surface area contributed by atoms with Crippen molar-refractivity contribution >= 4 is 7.60 Å². The van der Waals surface area contributed by atoms with Gasteiger partial charge in [0, 0.05) is 17.8 Å². The number of nitro groups is 1. The van der Waals surface area contributed by atoms with Crippen molar-refractivity contribution in [1.82, 2.24) is 0 Å². The number of ether oxygens (including phenoxy) is 1. The second kappa shape index (κ2) is 7.31. The van der Waals surface area contributed by atoms with E-state index in [2.05, 4.69) is 0 Å². The molecule has 1 N–H and O–H groups in total. The van der Waals surface area contributed by atoms with Crippen molar-refractivity contribution in [2.24, 2.45) is 5.92 Å². The summed E-state index contributed by atoms with van der Waals surface area (Å²) < 4.78 is 27.4. The van der Waals surface area contributed by atoms with Crippen LogP contribution in [0.2, 0.25) is 0 Å². The maximum atomic E-state index is 12.4. The quantitative estimate of drug-likeness (QED) is 0.412. The molecule has 19 heavy (non-hydrogen) atoms. The van der Waals surface area contributed by atoms with Crippen LogP contribution in [-0.2, 0) is 18.3 Å². The number of rotatable bonds is 8. The predicted octanol–water partition coefficient (Wildman–Crippen LogP) is 1.60. The second-order valence-corrected chi connectivity index (χ2v) is 6.46. The summed E-state index contributed by atoms with van der Waals surface area (Å²) in [6.07, 6.45) is -0.611. The first-order chi connectivity index (χ1) is 8.92. The van der Waals surface area contributed by atoms with E-state index in [0.717, 1.165) is 0 Å². The summed E-state index contributed by atoms with van der Waals surface area (Å²) in [6.45, 7) is 3.57. The van der Waals surface area contributed by atoms with Crippen LogP contribution in [0.3, 0.4) is 0 Å². The smallest absolute Gasteiger partial charge is 0.368 e. The van der Waals surface area contributed by atoms with Crippen molar-refractivity contribution in [2.75, 3.05) is 19.8 Å². The Morgan fingerprint density at radius 1 is 1.47 bits per heavy atom. The van der Waals surface area contributed by atoms with Gasteiger partial charge < -0.3 is 18.9 Å². The lowest BCUT2D eigenvalue weighted by Gasteiger charge is -2.21. The van der Waals surface area contributed by atoms with E-state index in [-0.39, 0.29) is 32.2 Å². The molecule has 0 aromatic carbocycles. The average Bonchev–Trinajstić information content (AvgIpc) is 2.72. The molecule has 112 valence electrons. The van der Waals surface area contributed by atoms with Gasteiger partial charge in [0.15, 0.2) is 6.29 Å². The minimum Gasteiger partial charge on any atom is -0.368 e. The zero-order valence-corrected chi connectivity index (χ0v) is 12.0. The Hall–Kier alpha value is -0.530. The molecule has 8 nitrogen and oxygen atoms in total. The Morgan fingerprint density at radius 3 is 2.42 bits per heavy atom. The summed E-state index contributed by atoms with van der Waals surface area (Å²) in [5.74, 6) is -1.65. The minimum atomic E-state index is -3.79. The Morgan fingerprint density at radius 2 is 2.05 bits per heavy atom. The standard InChI is InChI=1S/C10H20NO7P/c1-3-17-19(15,18-4-2)9(11(13)14)5-8-6-10(12)16-7-8/h8-10,12H,3-7H2,1-2H3. The fourth-order valence-electron chi connectivity index (χ4n) is 2.03. The molecule has 1 fully saturated rings. The summed E-state index contributed by atoms with van der Waals surface area (Å²) in [6, 6.07) is 0. The van der Waals surface area contributed by atoms with Gasteiger partial charge in [-0.25, -0.2) is 0 Å². The molecule has 0 amide bonds. The highest BCUT2D eigenvalue weighted by Gasteiger charge is 2.47. The van der Waals surface area contributed by atoms with Crippen LogP contribution in [0.15, 0.2) is 0 Å². The van der Waals surface area contributed by atoms with Crippen LogP contribution in [0.1, 0.15) is 26.7 Å². The van der Waals surface area contributed by atoms with Gasteiger partial charge in [-0.1, -0.05) is 0 Å². The van der Waals surface area contributed by atoms with Crippen LogP contribution in [0.25, 0.3) is 0 Å². The Bertz CT molecular complexity index is 341. The molecule has 1 aliphatic rings. The fourth-order valence-corrected chi connectivity index (χ4v) is 3.96. The maximum absolute atomic E-state index is 12.4. The largest absolute Gasteiger partial charge is 0.403 e. The minimum absolute atomic E-state index is 0.00133. The van der Waals surface area contributed by atoms with Gasteiger partial charge in [0.05, 0.1) is 19.8 Å². The van der Waals surface area contributed by atoms with Gasteiger partial charge in [-0.2, -0.15) is 0 Å². The zero-order valence-electron chi connectivity index (χ0n) is 11.1. The number of aliphatic hydroxyl groups is 1. The topological polar surface area (TPSA) is 108 Å². The molecule has 0 aromatic rings. The highest BCUT2D eigenvalue weighted by atomic mass is 31.2. The monoisotopic (exact) mass is 297 g/mol. The Labute approximate surface area is 111 Å². The van der Waals surface area contributed by atoms with E-state index in [9.17, 15) is 19.8 Å². The van der Waals surface area contributed by atoms with Gasteiger partial charge in [-0.3, -0.25) is 14.7 Å². The first-order valence-corrected chi connectivity index (χ1v) is 7.86. The molecule has 1 heterocycles. The number of aliphatic hydroxyl groups excluding tert-OH is 1. The summed E-state index contributed by atoms with van der Waals surface area (Å²) in [5, 5.41) is 20.4. The third kappa shape index (κ3) is 4.50. The summed E-state index contributed by atoms with van der Waals surface area (Å²) in [5.41, 5.74) is 0. The Kier molecular flexibility index (Phi) is 6.35. The van der Waals surface area contributed by atoms with E-state index in [1.165, 1.54) is 0 Å². The van der Waals surface area contributed by atoms with E-state index < -0.39 is 24.6 Å². The predicted molar refractivity (Wildman–Crippen MR) is 66.3 cm³/mol. The lowest BCUT2D eigenvalue weighted by Crippen LogP contribution is -2.26. The number of hydrogen-bond donors (Lipinski definition) is 1.